The second kappa shape index (κ2) is 9.01. The molecule has 29 heavy (non-hydrogen) atoms. The number of phenolic OH excluding ortho intramolecular Hbond substituents is 2. The smallest absolute Gasteiger partial charge is 0.337 e. The molecule has 0 unspecified atom stereocenters. The Hall–Kier alpha value is -2.99. The van der Waals surface area contributed by atoms with E-state index in [4.69, 9.17) is 4.74 Å². The van der Waals surface area contributed by atoms with E-state index in [0.29, 0.717) is 17.5 Å². The predicted octanol–water partition coefficient (Wildman–Crippen LogP) is 3.76. The minimum Gasteiger partial charge on any atom is -0.507 e. The number of phenols is 2. The molecule has 1 heterocycles. The molecule has 3 aromatic rings. The number of esters is 1. The molecule has 0 atom stereocenters. The van der Waals surface area contributed by atoms with Gasteiger partial charge in [0.25, 0.3) is 0 Å². The lowest BCUT2D eigenvalue weighted by Crippen LogP contribution is -2.02. The van der Waals surface area contributed by atoms with Gasteiger partial charge in [0.1, 0.15) is 11.5 Å². The lowest BCUT2D eigenvalue weighted by Gasteiger charge is -2.13. The number of nitrogens with zero attached hydrogens (tertiary/aromatic N) is 1. The molecule has 0 aliphatic rings. The van der Waals surface area contributed by atoms with E-state index in [-0.39, 0.29) is 24.7 Å². The zero-order valence-electron chi connectivity index (χ0n) is 16.8. The maximum Gasteiger partial charge on any atom is 0.337 e. The highest BCUT2D eigenvalue weighted by Gasteiger charge is 2.17. The Morgan fingerprint density at radius 3 is 2.59 bits per heavy atom. The zero-order chi connectivity index (χ0) is 21.0. The number of carbonyl (C=O) groups excluding carboxylic acids is 1. The van der Waals surface area contributed by atoms with Crippen LogP contribution in [0, 0.1) is 0 Å². The Morgan fingerprint density at radius 2 is 1.90 bits per heavy atom. The van der Waals surface area contributed by atoms with Crippen LogP contribution in [-0.4, -0.2) is 39.6 Å². The molecule has 0 fully saturated rings. The van der Waals surface area contributed by atoms with Crippen LogP contribution in [0.3, 0.4) is 0 Å². The molecule has 154 valence electrons. The SMILES string of the molecule is CCCCc1ccc(O)c(Cn2cc(CCO)c3cc(C(=O)OC)ccc32)c1O. The molecule has 0 spiro atoms. The van der Waals surface area contributed by atoms with Crippen LogP contribution in [0.4, 0.5) is 0 Å². The Kier molecular flexibility index (Phi) is 6.44. The van der Waals surface area contributed by atoms with Gasteiger partial charge in [-0.3, -0.25) is 0 Å². The normalized spacial score (nSPS) is 11.1. The van der Waals surface area contributed by atoms with Gasteiger partial charge in [0.2, 0.25) is 0 Å². The standard InChI is InChI=1S/C23H27NO5/c1-3-4-5-15-7-9-21(26)19(22(15)27)14-24-13-17(10-11-25)18-12-16(23(28)29-2)6-8-20(18)24/h6-9,12-13,25-27H,3-5,10-11,14H2,1-2H3. The minimum absolute atomic E-state index is 0.0232. The van der Waals surface area contributed by atoms with Crippen LogP contribution in [0.25, 0.3) is 10.9 Å². The summed E-state index contributed by atoms with van der Waals surface area (Å²) in [5.74, 6) is -0.261. The fourth-order valence-corrected chi connectivity index (χ4v) is 3.64. The summed E-state index contributed by atoms with van der Waals surface area (Å²) in [6.07, 6.45) is 5.05. The molecule has 0 aliphatic carbocycles. The molecule has 0 bridgehead atoms. The second-order valence-electron chi connectivity index (χ2n) is 7.15. The maximum atomic E-state index is 11.9. The minimum atomic E-state index is -0.423. The van der Waals surface area contributed by atoms with Gasteiger partial charge >= 0.3 is 5.97 Å². The molecule has 6 heteroatoms. The third kappa shape index (κ3) is 4.22. The number of aryl methyl sites for hydroxylation is 1. The fraction of sp³-hybridized carbons (Fsp3) is 0.348. The van der Waals surface area contributed by atoms with Crippen LogP contribution in [0.1, 0.15) is 46.8 Å². The molecule has 6 nitrogen and oxygen atoms in total. The molecule has 0 saturated carbocycles. The van der Waals surface area contributed by atoms with Crippen molar-refractivity contribution in [1.82, 2.24) is 4.57 Å². The number of aromatic hydroxyl groups is 2. The number of aromatic nitrogens is 1. The van der Waals surface area contributed by atoms with E-state index in [1.165, 1.54) is 7.11 Å². The van der Waals surface area contributed by atoms with Crippen molar-refractivity contribution in [2.45, 2.75) is 39.2 Å². The molecule has 0 saturated heterocycles. The summed E-state index contributed by atoms with van der Waals surface area (Å²) in [7, 11) is 1.34. The summed E-state index contributed by atoms with van der Waals surface area (Å²) >= 11 is 0. The lowest BCUT2D eigenvalue weighted by molar-refractivity contribution is 0.0601. The largest absolute Gasteiger partial charge is 0.507 e. The first-order chi connectivity index (χ1) is 14.0. The monoisotopic (exact) mass is 397 g/mol. The third-order valence-corrected chi connectivity index (χ3v) is 5.24. The molecule has 0 aliphatic heterocycles. The van der Waals surface area contributed by atoms with Crippen LogP contribution in [-0.2, 0) is 24.1 Å². The number of carbonyl (C=O) groups is 1. The average molecular weight is 397 g/mol. The number of rotatable bonds is 8. The van der Waals surface area contributed by atoms with Crippen molar-refractivity contribution in [3.05, 3.63) is 58.8 Å². The van der Waals surface area contributed by atoms with Gasteiger partial charge in [-0.05, 0) is 54.7 Å². The Labute approximate surface area is 170 Å². The van der Waals surface area contributed by atoms with Gasteiger partial charge in [0.05, 0.1) is 24.8 Å². The van der Waals surface area contributed by atoms with Gasteiger partial charge in [-0.25, -0.2) is 4.79 Å². The first kappa shape index (κ1) is 20.7. The molecule has 0 radical (unpaired) electrons. The Morgan fingerprint density at radius 1 is 1.10 bits per heavy atom. The number of aliphatic hydroxyl groups is 1. The number of hydrogen-bond acceptors (Lipinski definition) is 5. The van der Waals surface area contributed by atoms with E-state index in [1.807, 2.05) is 16.8 Å². The average Bonchev–Trinajstić information content (AvgIpc) is 3.07. The topological polar surface area (TPSA) is 91.9 Å². The zero-order valence-corrected chi connectivity index (χ0v) is 16.8. The molecule has 1 aromatic heterocycles. The van der Waals surface area contributed by atoms with Gasteiger partial charge < -0.3 is 24.6 Å². The molecular weight excluding hydrogens is 370 g/mol. The molecule has 3 rings (SSSR count). The summed E-state index contributed by atoms with van der Waals surface area (Å²) in [6.45, 7) is 2.34. The number of fused-ring (bicyclic) bond motifs is 1. The van der Waals surface area contributed by atoms with Crippen LogP contribution in [0.2, 0.25) is 0 Å². The van der Waals surface area contributed by atoms with Crippen molar-refractivity contribution in [2.24, 2.45) is 0 Å². The van der Waals surface area contributed by atoms with E-state index < -0.39 is 5.97 Å². The highest BCUT2D eigenvalue weighted by atomic mass is 16.5. The fourth-order valence-electron chi connectivity index (χ4n) is 3.64. The second-order valence-corrected chi connectivity index (χ2v) is 7.15. The summed E-state index contributed by atoms with van der Waals surface area (Å²) < 4.78 is 6.72. The molecule has 0 amide bonds. The van der Waals surface area contributed by atoms with Crippen LogP contribution < -0.4 is 0 Å². The van der Waals surface area contributed by atoms with E-state index >= 15 is 0 Å². The van der Waals surface area contributed by atoms with Crippen molar-refractivity contribution >= 4 is 16.9 Å². The van der Waals surface area contributed by atoms with Gasteiger partial charge in [0, 0.05) is 23.7 Å². The van der Waals surface area contributed by atoms with Gasteiger partial charge in [0.15, 0.2) is 0 Å². The summed E-state index contributed by atoms with van der Waals surface area (Å²) in [5, 5.41) is 31.3. The van der Waals surface area contributed by atoms with Gasteiger partial charge in [-0.1, -0.05) is 19.4 Å². The van der Waals surface area contributed by atoms with E-state index in [0.717, 1.165) is 41.3 Å². The van der Waals surface area contributed by atoms with Crippen molar-refractivity contribution in [2.75, 3.05) is 13.7 Å². The highest BCUT2D eigenvalue weighted by Crippen LogP contribution is 2.34. The third-order valence-electron chi connectivity index (χ3n) is 5.24. The first-order valence-corrected chi connectivity index (χ1v) is 9.83. The van der Waals surface area contributed by atoms with Gasteiger partial charge in [-0.2, -0.15) is 0 Å². The van der Waals surface area contributed by atoms with Crippen LogP contribution in [0.15, 0.2) is 36.5 Å². The number of unbranched alkanes of at least 4 members (excludes halogenated alkanes) is 1. The van der Waals surface area contributed by atoms with E-state index in [2.05, 4.69) is 6.92 Å². The first-order valence-electron chi connectivity index (χ1n) is 9.83. The quantitative estimate of drug-likeness (QED) is 0.503. The number of aliphatic hydroxyl groups excluding tert-OH is 1. The van der Waals surface area contributed by atoms with Crippen molar-refractivity contribution in [1.29, 1.82) is 0 Å². The van der Waals surface area contributed by atoms with E-state index in [9.17, 15) is 20.1 Å². The van der Waals surface area contributed by atoms with Crippen molar-refractivity contribution in [3.63, 3.8) is 0 Å². The Bertz CT molecular complexity index is 1020. The van der Waals surface area contributed by atoms with Gasteiger partial charge in [-0.15, -0.1) is 0 Å². The number of ether oxygens (including phenoxy) is 1. The van der Waals surface area contributed by atoms with Crippen molar-refractivity contribution in [3.8, 4) is 11.5 Å². The summed E-state index contributed by atoms with van der Waals surface area (Å²) in [6, 6.07) is 8.63. The van der Waals surface area contributed by atoms with Crippen molar-refractivity contribution < 1.29 is 24.9 Å². The Balaban J connectivity index is 2.05. The van der Waals surface area contributed by atoms with Crippen LogP contribution >= 0.6 is 0 Å². The summed E-state index contributed by atoms with van der Waals surface area (Å²) in [4.78, 5) is 11.9. The summed E-state index contributed by atoms with van der Waals surface area (Å²) in [5.41, 5.74) is 3.44. The molecular formula is C23H27NO5. The predicted molar refractivity (Wildman–Crippen MR) is 112 cm³/mol. The van der Waals surface area contributed by atoms with E-state index in [1.54, 1.807) is 24.3 Å². The number of benzene rings is 2. The number of hydrogen-bond donors (Lipinski definition) is 3. The number of methoxy groups -OCH3 is 1. The maximum absolute atomic E-state index is 11.9. The molecule has 2 aromatic carbocycles. The highest BCUT2D eigenvalue weighted by molar-refractivity contribution is 5.96. The van der Waals surface area contributed by atoms with Crippen LogP contribution in [0.5, 0.6) is 11.5 Å². The molecule has 3 N–H and O–H groups in total. The lowest BCUT2D eigenvalue weighted by atomic mass is 10.0.